The highest BCUT2D eigenvalue weighted by molar-refractivity contribution is 5.29. The van der Waals surface area contributed by atoms with Crippen molar-refractivity contribution in [3.8, 4) is 5.75 Å². The summed E-state index contributed by atoms with van der Waals surface area (Å²) in [5.41, 5.74) is 1.37. The van der Waals surface area contributed by atoms with Crippen LogP contribution in [0.25, 0.3) is 0 Å². The first-order valence-corrected chi connectivity index (χ1v) is 8.14. The van der Waals surface area contributed by atoms with Crippen LogP contribution in [0, 0.1) is 5.92 Å². The highest BCUT2D eigenvalue weighted by Gasteiger charge is 2.22. The highest BCUT2D eigenvalue weighted by atomic mass is 16.5. The summed E-state index contributed by atoms with van der Waals surface area (Å²) in [6.07, 6.45) is 8.18. The van der Waals surface area contributed by atoms with Gasteiger partial charge in [0, 0.05) is 12.1 Å². The van der Waals surface area contributed by atoms with E-state index in [0.29, 0.717) is 12.1 Å². The van der Waals surface area contributed by atoms with E-state index < -0.39 is 0 Å². The number of rotatable bonds is 6. The van der Waals surface area contributed by atoms with Crippen LogP contribution >= 0.6 is 0 Å². The van der Waals surface area contributed by atoms with Crippen molar-refractivity contribution in [3.05, 3.63) is 29.8 Å². The fraction of sp³-hybridized carbons (Fsp3) is 0.667. The minimum atomic E-state index is 0.456. The van der Waals surface area contributed by atoms with Crippen LogP contribution in [-0.4, -0.2) is 13.2 Å². The molecule has 1 aliphatic carbocycles. The molecule has 0 saturated heterocycles. The Balaban J connectivity index is 1.96. The van der Waals surface area contributed by atoms with E-state index in [1.54, 1.807) is 7.11 Å². The Hall–Kier alpha value is -1.02. The molecule has 1 aliphatic rings. The second-order valence-electron chi connectivity index (χ2n) is 6.09. The minimum absolute atomic E-state index is 0.456. The third kappa shape index (κ3) is 3.99. The molecule has 0 amide bonds. The van der Waals surface area contributed by atoms with Crippen molar-refractivity contribution in [2.75, 3.05) is 7.11 Å². The predicted molar refractivity (Wildman–Crippen MR) is 85.2 cm³/mol. The number of methoxy groups -OCH3 is 1. The highest BCUT2D eigenvalue weighted by Crippen LogP contribution is 2.28. The summed E-state index contributed by atoms with van der Waals surface area (Å²) in [6.45, 7) is 4.62. The summed E-state index contributed by atoms with van der Waals surface area (Å²) < 4.78 is 5.24. The molecule has 2 nitrogen and oxygen atoms in total. The van der Waals surface area contributed by atoms with Gasteiger partial charge in [-0.1, -0.05) is 38.3 Å². The predicted octanol–water partition coefficient (Wildman–Crippen LogP) is 4.70. The van der Waals surface area contributed by atoms with Crippen LogP contribution in [0.5, 0.6) is 5.75 Å². The Morgan fingerprint density at radius 1 is 1.15 bits per heavy atom. The second kappa shape index (κ2) is 7.68. The van der Waals surface area contributed by atoms with Crippen LogP contribution in [0.4, 0.5) is 0 Å². The Bertz CT molecular complexity index is 381. The van der Waals surface area contributed by atoms with Gasteiger partial charge in [-0.25, -0.2) is 0 Å². The van der Waals surface area contributed by atoms with Crippen molar-refractivity contribution in [1.29, 1.82) is 0 Å². The van der Waals surface area contributed by atoms with Crippen molar-refractivity contribution in [3.63, 3.8) is 0 Å². The van der Waals surface area contributed by atoms with E-state index in [4.69, 9.17) is 4.74 Å². The lowest BCUT2D eigenvalue weighted by Gasteiger charge is -2.31. The maximum Gasteiger partial charge on any atom is 0.118 e. The molecule has 0 aromatic heterocycles. The van der Waals surface area contributed by atoms with Gasteiger partial charge in [0.25, 0.3) is 0 Å². The molecule has 2 rings (SSSR count). The van der Waals surface area contributed by atoms with Crippen LogP contribution in [0.1, 0.15) is 64.0 Å². The van der Waals surface area contributed by atoms with Gasteiger partial charge in [0.15, 0.2) is 0 Å². The SMILES string of the molecule is CCC(NC(C)C1CCCCC1)c1ccc(OC)cc1. The van der Waals surface area contributed by atoms with Crippen LogP contribution in [0.3, 0.4) is 0 Å². The second-order valence-corrected chi connectivity index (χ2v) is 6.09. The molecule has 1 N–H and O–H groups in total. The molecule has 0 aliphatic heterocycles. The first-order valence-electron chi connectivity index (χ1n) is 8.14. The molecule has 0 heterocycles. The van der Waals surface area contributed by atoms with Crippen molar-refractivity contribution in [2.45, 2.75) is 64.5 Å². The molecular weight excluding hydrogens is 246 g/mol. The third-order valence-electron chi connectivity index (χ3n) is 4.75. The Morgan fingerprint density at radius 3 is 2.35 bits per heavy atom. The summed E-state index contributed by atoms with van der Waals surface area (Å²) in [5, 5.41) is 3.85. The van der Waals surface area contributed by atoms with E-state index in [-0.39, 0.29) is 0 Å². The maximum atomic E-state index is 5.24. The molecule has 1 fully saturated rings. The first-order chi connectivity index (χ1) is 9.74. The lowest BCUT2D eigenvalue weighted by atomic mass is 9.84. The van der Waals surface area contributed by atoms with E-state index in [0.717, 1.165) is 18.1 Å². The molecule has 0 radical (unpaired) electrons. The zero-order valence-electron chi connectivity index (χ0n) is 13.2. The molecule has 1 aromatic rings. The van der Waals surface area contributed by atoms with Crippen molar-refractivity contribution >= 4 is 0 Å². The lowest BCUT2D eigenvalue weighted by molar-refractivity contribution is 0.262. The van der Waals surface area contributed by atoms with Crippen LogP contribution in [0.2, 0.25) is 0 Å². The van der Waals surface area contributed by atoms with Crippen LogP contribution in [-0.2, 0) is 0 Å². The lowest BCUT2D eigenvalue weighted by Crippen LogP contribution is -2.37. The normalized spacial score (nSPS) is 19.6. The topological polar surface area (TPSA) is 21.3 Å². The summed E-state index contributed by atoms with van der Waals surface area (Å²) in [5.74, 6) is 1.79. The third-order valence-corrected chi connectivity index (χ3v) is 4.75. The summed E-state index contributed by atoms with van der Waals surface area (Å²) >= 11 is 0. The molecule has 112 valence electrons. The van der Waals surface area contributed by atoms with E-state index in [1.807, 2.05) is 0 Å². The van der Waals surface area contributed by atoms with Gasteiger partial charge in [0.05, 0.1) is 7.11 Å². The Labute approximate surface area is 123 Å². The van der Waals surface area contributed by atoms with E-state index in [1.165, 1.54) is 37.7 Å². The fourth-order valence-electron chi connectivity index (χ4n) is 3.37. The van der Waals surface area contributed by atoms with Crippen molar-refractivity contribution < 1.29 is 4.74 Å². The van der Waals surface area contributed by atoms with Crippen molar-refractivity contribution in [2.24, 2.45) is 5.92 Å². The Morgan fingerprint density at radius 2 is 1.80 bits per heavy atom. The molecule has 20 heavy (non-hydrogen) atoms. The van der Waals surface area contributed by atoms with E-state index >= 15 is 0 Å². The standard InChI is InChI=1S/C18H29NO/c1-4-18(16-10-12-17(20-3)13-11-16)19-14(2)15-8-6-5-7-9-15/h10-15,18-19H,4-9H2,1-3H3. The molecule has 0 spiro atoms. The zero-order valence-corrected chi connectivity index (χ0v) is 13.2. The molecule has 2 atom stereocenters. The first kappa shape index (κ1) is 15.4. The van der Waals surface area contributed by atoms with Crippen LogP contribution < -0.4 is 10.1 Å². The average Bonchev–Trinajstić information content (AvgIpc) is 2.53. The summed E-state index contributed by atoms with van der Waals surface area (Å²) in [6, 6.07) is 9.57. The summed E-state index contributed by atoms with van der Waals surface area (Å²) in [7, 11) is 1.72. The van der Waals surface area contributed by atoms with Gasteiger partial charge in [-0.15, -0.1) is 0 Å². The van der Waals surface area contributed by atoms with E-state index in [2.05, 4.69) is 43.4 Å². The van der Waals surface area contributed by atoms with Gasteiger partial charge in [-0.05, 0) is 49.8 Å². The molecule has 1 saturated carbocycles. The van der Waals surface area contributed by atoms with Gasteiger partial charge in [0.1, 0.15) is 5.75 Å². The van der Waals surface area contributed by atoms with E-state index in [9.17, 15) is 0 Å². The summed E-state index contributed by atoms with van der Waals surface area (Å²) in [4.78, 5) is 0. The van der Waals surface area contributed by atoms with Gasteiger partial charge in [0.2, 0.25) is 0 Å². The molecule has 2 heteroatoms. The number of ether oxygens (including phenoxy) is 1. The maximum absolute atomic E-state index is 5.24. The van der Waals surface area contributed by atoms with Gasteiger partial charge in [-0.2, -0.15) is 0 Å². The van der Waals surface area contributed by atoms with Gasteiger partial charge >= 0.3 is 0 Å². The average molecular weight is 275 g/mol. The van der Waals surface area contributed by atoms with Crippen LogP contribution in [0.15, 0.2) is 24.3 Å². The van der Waals surface area contributed by atoms with Gasteiger partial charge < -0.3 is 10.1 Å². The minimum Gasteiger partial charge on any atom is -0.497 e. The fourth-order valence-corrected chi connectivity index (χ4v) is 3.37. The number of nitrogens with one attached hydrogen (secondary N) is 1. The monoisotopic (exact) mass is 275 g/mol. The number of benzene rings is 1. The molecule has 0 bridgehead atoms. The molecular formula is C18H29NO. The van der Waals surface area contributed by atoms with Crippen molar-refractivity contribution in [1.82, 2.24) is 5.32 Å². The Kier molecular flexibility index (Phi) is 5.90. The smallest absolute Gasteiger partial charge is 0.118 e. The number of hydrogen-bond donors (Lipinski definition) is 1. The number of hydrogen-bond acceptors (Lipinski definition) is 2. The zero-order chi connectivity index (χ0) is 14.4. The quantitative estimate of drug-likeness (QED) is 0.812. The molecule has 1 aromatic carbocycles. The molecule has 2 unspecified atom stereocenters. The largest absolute Gasteiger partial charge is 0.497 e. The van der Waals surface area contributed by atoms with Gasteiger partial charge in [-0.3, -0.25) is 0 Å².